The largest absolute Gasteiger partial charge is 0.474 e. The first kappa shape index (κ1) is 23.4. The Balaban J connectivity index is 1.62. The standard InChI is InChI=1S/C25H23ClN4O4/c1-14(2)32-22(31)9-8-21-18-6-5-7-19(17(18)10-11-27-21)23-29-24(34-30-23)16-12-20(26)25(28-13-16)33-15(3)4/h5-7,10-13,15H,1,8-9H2,2-4H3. The lowest BCUT2D eigenvalue weighted by atomic mass is 10.0. The van der Waals surface area contributed by atoms with Crippen LogP contribution in [0, 0.1) is 0 Å². The summed E-state index contributed by atoms with van der Waals surface area (Å²) in [7, 11) is 0. The van der Waals surface area contributed by atoms with Gasteiger partial charge >= 0.3 is 5.97 Å². The van der Waals surface area contributed by atoms with Crippen LogP contribution in [-0.4, -0.2) is 32.2 Å². The first-order chi connectivity index (χ1) is 16.3. The molecule has 0 fully saturated rings. The Labute approximate surface area is 201 Å². The predicted octanol–water partition coefficient (Wildman–Crippen LogP) is 5.80. The quantitative estimate of drug-likeness (QED) is 0.231. The summed E-state index contributed by atoms with van der Waals surface area (Å²) in [6, 6.07) is 9.30. The molecule has 0 saturated carbocycles. The van der Waals surface area contributed by atoms with Gasteiger partial charge in [-0.3, -0.25) is 9.78 Å². The molecule has 9 heteroatoms. The van der Waals surface area contributed by atoms with Gasteiger partial charge in [0, 0.05) is 35.5 Å². The number of hydrogen-bond acceptors (Lipinski definition) is 8. The number of rotatable bonds is 8. The summed E-state index contributed by atoms with van der Waals surface area (Å²) in [5.41, 5.74) is 2.14. The number of carbonyl (C=O) groups excluding carboxylic acids is 1. The zero-order valence-electron chi connectivity index (χ0n) is 19.0. The Morgan fingerprint density at radius 1 is 1.21 bits per heavy atom. The zero-order valence-corrected chi connectivity index (χ0v) is 19.8. The molecule has 0 spiro atoms. The van der Waals surface area contributed by atoms with Crippen molar-refractivity contribution in [2.75, 3.05) is 0 Å². The van der Waals surface area contributed by atoms with Crippen LogP contribution in [0.15, 0.2) is 59.6 Å². The number of esters is 1. The first-order valence-corrected chi connectivity index (χ1v) is 11.1. The van der Waals surface area contributed by atoms with Crippen LogP contribution in [0.3, 0.4) is 0 Å². The van der Waals surface area contributed by atoms with Gasteiger partial charge in [0.15, 0.2) is 0 Å². The number of benzene rings is 1. The molecule has 0 aliphatic carbocycles. The third kappa shape index (κ3) is 5.23. The van der Waals surface area contributed by atoms with E-state index in [0.29, 0.717) is 34.5 Å². The highest BCUT2D eigenvalue weighted by Crippen LogP contribution is 2.32. The summed E-state index contributed by atoms with van der Waals surface area (Å²) in [6.45, 7) is 9.02. The van der Waals surface area contributed by atoms with Gasteiger partial charge in [-0.25, -0.2) is 4.98 Å². The lowest BCUT2D eigenvalue weighted by Crippen LogP contribution is -2.07. The number of pyridine rings is 2. The number of ether oxygens (including phenoxy) is 2. The molecule has 0 bridgehead atoms. The molecular weight excluding hydrogens is 456 g/mol. The summed E-state index contributed by atoms with van der Waals surface area (Å²) in [6.07, 6.45) is 3.85. The SMILES string of the molecule is C=C(C)OC(=O)CCc1nccc2c(-c3noc(-c4cnc(OC(C)C)c(Cl)c4)n3)cccc12. The molecule has 174 valence electrons. The van der Waals surface area contributed by atoms with Crippen LogP contribution in [0.25, 0.3) is 33.6 Å². The summed E-state index contributed by atoms with van der Waals surface area (Å²) in [5, 5.41) is 6.31. The van der Waals surface area contributed by atoms with Gasteiger partial charge in [0.25, 0.3) is 5.89 Å². The molecule has 3 heterocycles. The number of aromatic nitrogens is 4. The Morgan fingerprint density at radius 3 is 2.76 bits per heavy atom. The number of carbonyl (C=O) groups is 1. The molecular formula is C25H23ClN4O4. The van der Waals surface area contributed by atoms with E-state index < -0.39 is 0 Å². The van der Waals surface area contributed by atoms with Crippen molar-refractivity contribution in [3.63, 3.8) is 0 Å². The fourth-order valence-corrected chi connectivity index (χ4v) is 3.64. The molecule has 0 saturated heterocycles. The highest BCUT2D eigenvalue weighted by Gasteiger charge is 2.17. The number of allylic oxidation sites excluding steroid dienone is 1. The molecule has 0 aliphatic heterocycles. The van der Waals surface area contributed by atoms with Crippen molar-refractivity contribution in [3.8, 4) is 28.7 Å². The Hall–Kier alpha value is -3.78. The molecule has 4 aromatic rings. The van der Waals surface area contributed by atoms with Gasteiger partial charge in [-0.05, 0) is 38.3 Å². The van der Waals surface area contributed by atoms with Crippen molar-refractivity contribution in [3.05, 3.63) is 65.8 Å². The third-order valence-corrected chi connectivity index (χ3v) is 5.08. The monoisotopic (exact) mass is 478 g/mol. The van der Waals surface area contributed by atoms with E-state index in [0.717, 1.165) is 22.0 Å². The first-order valence-electron chi connectivity index (χ1n) is 10.7. The van der Waals surface area contributed by atoms with Gasteiger partial charge in [0.2, 0.25) is 11.7 Å². The molecule has 0 amide bonds. The second-order valence-corrected chi connectivity index (χ2v) is 8.34. The van der Waals surface area contributed by atoms with Gasteiger partial charge in [-0.15, -0.1) is 0 Å². The molecule has 0 N–H and O–H groups in total. The van der Waals surface area contributed by atoms with E-state index in [4.69, 9.17) is 25.6 Å². The highest BCUT2D eigenvalue weighted by atomic mass is 35.5. The average Bonchev–Trinajstić information content (AvgIpc) is 3.28. The minimum Gasteiger partial charge on any atom is -0.474 e. The molecule has 0 unspecified atom stereocenters. The second-order valence-electron chi connectivity index (χ2n) is 7.94. The van der Waals surface area contributed by atoms with Crippen LogP contribution in [0.2, 0.25) is 5.02 Å². The van der Waals surface area contributed by atoms with E-state index in [9.17, 15) is 4.79 Å². The maximum absolute atomic E-state index is 11.9. The van der Waals surface area contributed by atoms with E-state index >= 15 is 0 Å². The van der Waals surface area contributed by atoms with E-state index in [-0.39, 0.29) is 24.4 Å². The summed E-state index contributed by atoms with van der Waals surface area (Å²) >= 11 is 6.30. The fraction of sp³-hybridized carbons (Fsp3) is 0.240. The summed E-state index contributed by atoms with van der Waals surface area (Å²) < 4.78 is 16.1. The smallest absolute Gasteiger partial charge is 0.311 e. The summed E-state index contributed by atoms with van der Waals surface area (Å²) in [4.78, 5) is 25.2. The number of nitrogens with zero attached hydrogens (tertiary/aromatic N) is 4. The van der Waals surface area contributed by atoms with Crippen LogP contribution in [0.4, 0.5) is 0 Å². The molecule has 34 heavy (non-hydrogen) atoms. The third-order valence-electron chi connectivity index (χ3n) is 4.81. The summed E-state index contributed by atoms with van der Waals surface area (Å²) in [5.74, 6) is 1.07. The molecule has 3 aromatic heterocycles. The van der Waals surface area contributed by atoms with Crippen molar-refractivity contribution in [1.29, 1.82) is 0 Å². The molecule has 4 rings (SSSR count). The maximum atomic E-state index is 11.9. The van der Waals surface area contributed by atoms with Gasteiger partial charge in [-0.2, -0.15) is 4.98 Å². The number of halogens is 1. The van der Waals surface area contributed by atoms with Crippen LogP contribution in [0.5, 0.6) is 5.88 Å². The van der Waals surface area contributed by atoms with Crippen molar-refractivity contribution >= 4 is 28.3 Å². The topological polar surface area (TPSA) is 100 Å². The Morgan fingerprint density at radius 2 is 2.03 bits per heavy atom. The lowest BCUT2D eigenvalue weighted by Gasteiger charge is -2.09. The Bertz CT molecular complexity index is 1370. The average molecular weight is 479 g/mol. The lowest BCUT2D eigenvalue weighted by molar-refractivity contribution is -0.139. The van der Waals surface area contributed by atoms with Crippen molar-refractivity contribution in [1.82, 2.24) is 20.1 Å². The van der Waals surface area contributed by atoms with E-state index in [1.807, 2.05) is 38.1 Å². The van der Waals surface area contributed by atoms with E-state index in [2.05, 4.69) is 26.7 Å². The highest BCUT2D eigenvalue weighted by molar-refractivity contribution is 6.32. The van der Waals surface area contributed by atoms with E-state index in [1.165, 1.54) is 0 Å². The maximum Gasteiger partial charge on any atom is 0.311 e. The number of fused-ring (bicyclic) bond motifs is 1. The van der Waals surface area contributed by atoms with Gasteiger partial charge < -0.3 is 14.0 Å². The van der Waals surface area contributed by atoms with Crippen LogP contribution < -0.4 is 4.74 Å². The van der Waals surface area contributed by atoms with Gasteiger partial charge in [0.05, 0.1) is 23.8 Å². The van der Waals surface area contributed by atoms with Gasteiger partial charge in [-0.1, -0.05) is 41.5 Å². The minimum atomic E-state index is -0.345. The zero-order chi connectivity index (χ0) is 24.2. The Kier molecular flexibility index (Phi) is 6.88. The van der Waals surface area contributed by atoms with Crippen molar-refractivity contribution in [2.24, 2.45) is 0 Å². The normalized spacial score (nSPS) is 11.1. The van der Waals surface area contributed by atoms with Gasteiger partial charge in [0.1, 0.15) is 5.02 Å². The van der Waals surface area contributed by atoms with Crippen LogP contribution in [0.1, 0.15) is 32.9 Å². The van der Waals surface area contributed by atoms with Crippen molar-refractivity contribution < 1.29 is 18.8 Å². The predicted molar refractivity (Wildman–Crippen MR) is 128 cm³/mol. The molecule has 1 aromatic carbocycles. The molecule has 0 radical (unpaired) electrons. The molecule has 0 aliphatic rings. The number of aryl methyl sites for hydroxylation is 1. The minimum absolute atomic E-state index is 0.0478. The fourth-order valence-electron chi connectivity index (χ4n) is 3.43. The number of hydrogen-bond donors (Lipinski definition) is 0. The molecule has 8 nitrogen and oxygen atoms in total. The van der Waals surface area contributed by atoms with Crippen molar-refractivity contribution in [2.45, 2.75) is 39.7 Å². The van der Waals surface area contributed by atoms with Crippen LogP contribution in [-0.2, 0) is 16.0 Å². The van der Waals surface area contributed by atoms with Crippen LogP contribution >= 0.6 is 11.6 Å². The second kappa shape index (κ2) is 10.0. The molecule has 0 atom stereocenters. The van der Waals surface area contributed by atoms with E-state index in [1.54, 1.807) is 25.4 Å².